The number of nitrogens with one attached hydrogen (secondary N) is 2. The van der Waals surface area contributed by atoms with Crippen LogP contribution in [-0.4, -0.2) is 65.3 Å². The maximum absolute atomic E-state index is 13.0. The fraction of sp³-hybridized carbons (Fsp3) is 0.810. The van der Waals surface area contributed by atoms with Crippen molar-refractivity contribution in [2.24, 2.45) is 16.9 Å². The van der Waals surface area contributed by atoms with Crippen LogP contribution >= 0.6 is 11.8 Å². The van der Waals surface area contributed by atoms with Crippen LogP contribution in [-0.2, 0) is 19.1 Å². The first-order chi connectivity index (χ1) is 14.5. The van der Waals surface area contributed by atoms with Gasteiger partial charge in [-0.15, -0.1) is 5.10 Å². The summed E-state index contributed by atoms with van der Waals surface area (Å²) in [5.41, 5.74) is 2.44. The summed E-state index contributed by atoms with van der Waals surface area (Å²) in [6.45, 7) is 6.87. The van der Waals surface area contributed by atoms with Crippen LogP contribution in [0.15, 0.2) is 5.10 Å². The number of hydrogen-bond acceptors (Lipinski definition) is 6. The van der Waals surface area contributed by atoms with Gasteiger partial charge in [-0.1, -0.05) is 37.9 Å². The van der Waals surface area contributed by atoms with Gasteiger partial charge in [-0.05, 0) is 38.5 Å². The van der Waals surface area contributed by atoms with Crippen molar-refractivity contribution in [3.63, 3.8) is 0 Å². The molecule has 2 saturated heterocycles. The van der Waals surface area contributed by atoms with E-state index in [2.05, 4.69) is 27.7 Å². The Hall–Kier alpha value is -1.61. The van der Waals surface area contributed by atoms with Crippen molar-refractivity contribution in [3.05, 3.63) is 0 Å². The van der Waals surface area contributed by atoms with Gasteiger partial charge in [0.1, 0.15) is 6.04 Å². The molecular formula is C21H34N4O4S. The van der Waals surface area contributed by atoms with Crippen molar-refractivity contribution >= 4 is 34.5 Å². The Morgan fingerprint density at radius 2 is 1.87 bits per heavy atom. The molecule has 0 radical (unpaired) electrons. The van der Waals surface area contributed by atoms with Gasteiger partial charge in [0.15, 0.2) is 5.17 Å². The second-order valence-corrected chi connectivity index (χ2v) is 9.84. The van der Waals surface area contributed by atoms with Crippen molar-refractivity contribution in [3.8, 4) is 0 Å². The number of amidine groups is 1. The lowest BCUT2D eigenvalue weighted by Gasteiger charge is -2.31. The van der Waals surface area contributed by atoms with Gasteiger partial charge in [0, 0.05) is 37.5 Å². The zero-order valence-corrected chi connectivity index (χ0v) is 18.8. The number of ketones is 1. The first kappa shape index (κ1) is 23.1. The average molecular weight is 439 g/mol. The number of carbonyl (C=O) groups is 3. The van der Waals surface area contributed by atoms with Gasteiger partial charge < -0.3 is 15.0 Å². The number of carbonyl (C=O) groups excluding carboxylic acids is 3. The van der Waals surface area contributed by atoms with E-state index in [9.17, 15) is 14.4 Å². The molecule has 1 saturated carbocycles. The molecule has 0 bridgehead atoms. The second kappa shape index (κ2) is 11.1. The number of ether oxygens (including phenoxy) is 1. The van der Waals surface area contributed by atoms with Crippen molar-refractivity contribution in [2.45, 2.75) is 70.1 Å². The van der Waals surface area contributed by atoms with Crippen LogP contribution in [0.1, 0.15) is 58.8 Å². The highest BCUT2D eigenvalue weighted by atomic mass is 32.2. The zero-order valence-electron chi connectivity index (χ0n) is 18.0. The van der Waals surface area contributed by atoms with E-state index in [1.807, 2.05) is 6.92 Å². The molecule has 3 fully saturated rings. The molecule has 0 aromatic heterocycles. The van der Waals surface area contributed by atoms with Gasteiger partial charge in [0.25, 0.3) is 0 Å². The Morgan fingerprint density at radius 3 is 2.53 bits per heavy atom. The largest absolute Gasteiger partial charge is 0.381 e. The van der Waals surface area contributed by atoms with Gasteiger partial charge in [0.2, 0.25) is 11.7 Å². The Kier molecular flexibility index (Phi) is 8.56. The minimum atomic E-state index is -0.819. The summed E-state index contributed by atoms with van der Waals surface area (Å²) >= 11 is 1.58. The summed E-state index contributed by atoms with van der Waals surface area (Å²) in [5, 5.41) is 8.23. The number of hydrogen-bond donors (Lipinski definition) is 2. The lowest BCUT2D eigenvalue weighted by molar-refractivity contribution is -0.142. The third-order valence-corrected chi connectivity index (χ3v) is 7.32. The molecule has 9 heteroatoms. The van der Waals surface area contributed by atoms with Crippen molar-refractivity contribution < 1.29 is 19.1 Å². The topological polar surface area (TPSA) is 100 Å². The van der Waals surface area contributed by atoms with Crippen LogP contribution in [0.4, 0.5) is 0 Å². The van der Waals surface area contributed by atoms with Crippen molar-refractivity contribution in [2.75, 3.05) is 26.3 Å². The maximum Gasteiger partial charge on any atom is 0.309 e. The first-order valence-corrected chi connectivity index (χ1v) is 12.1. The number of hydrazone groups is 1. The number of rotatable bonds is 7. The minimum Gasteiger partial charge on any atom is -0.381 e. The van der Waals surface area contributed by atoms with Crippen LogP contribution in [0.2, 0.25) is 0 Å². The minimum absolute atomic E-state index is 0.0633. The number of amides is 2. The van der Waals surface area contributed by atoms with E-state index in [0.29, 0.717) is 31.3 Å². The molecule has 2 N–H and O–H groups in total. The smallest absolute Gasteiger partial charge is 0.309 e. The third kappa shape index (κ3) is 5.97. The first-order valence-electron chi connectivity index (χ1n) is 11.2. The Balaban J connectivity index is 1.66. The second-order valence-electron chi connectivity index (χ2n) is 8.44. The molecule has 30 heavy (non-hydrogen) atoms. The van der Waals surface area contributed by atoms with Crippen LogP contribution in [0.3, 0.4) is 0 Å². The van der Waals surface area contributed by atoms with Gasteiger partial charge in [-0.25, -0.2) is 5.43 Å². The summed E-state index contributed by atoms with van der Waals surface area (Å²) in [4.78, 5) is 40.5. The highest BCUT2D eigenvalue weighted by Gasteiger charge is 2.36. The molecular weight excluding hydrogens is 404 g/mol. The average Bonchev–Trinajstić information content (AvgIpc) is 3.15. The molecule has 2 amide bonds. The molecule has 0 aromatic rings. The molecule has 3 rings (SSSR count). The van der Waals surface area contributed by atoms with Crippen LogP contribution in [0.25, 0.3) is 0 Å². The molecule has 3 aliphatic rings. The summed E-state index contributed by atoms with van der Waals surface area (Å²) in [5.74, 6) is -1.64. The molecule has 168 valence electrons. The fourth-order valence-corrected chi connectivity index (χ4v) is 5.48. The normalized spacial score (nSPS) is 25.9. The number of nitrogens with zero attached hydrogens (tertiary/aromatic N) is 2. The maximum atomic E-state index is 13.0. The van der Waals surface area contributed by atoms with Crippen LogP contribution in [0.5, 0.6) is 0 Å². The summed E-state index contributed by atoms with van der Waals surface area (Å²) in [6, 6.07) is -0.819. The Morgan fingerprint density at radius 1 is 1.17 bits per heavy atom. The SMILES string of the molecule is CCN1C[C@@H](C)S/C1=N\NC(=O)C(=O)C(NC(=O)C1CCCCC1)C1CCOCC1. The molecule has 0 aromatic carbocycles. The fourth-order valence-electron chi connectivity index (χ4n) is 4.42. The molecule has 1 unspecified atom stereocenters. The molecule has 0 spiro atoms. The monoisotopic (exact) mass is 438 g/mol. The molecule has 1 aliphatic carbocycles. The van der Waals surface area contributed by atoms with E-state index in [4.69, 9.17) is 4.74 Å². The van der Waals surface area contributed by atoms with E-state index in [1.165, 1.54) is 0 Å². The van der Waals surface area contributed by atoms with Gasteiger partial charge >= 0.3 is 5.91 Å². The zero-order chi connectivity index (χ0) is 21.5. The van der Waals surface area contributed by atoms with E-state index >= 15 is 0 Å². The van der Waals surface area contributed by atoms with Crippen LogP contribution in [0, 0.1) is 11.8 Å². The summed E-state index contributed by atoms with van der Waals surface area (Å²) in [6.07, 6.45) is 6.23. The van der Waals surface area contributed by atoms with Crippen molar-refractivity contribution in [1.29, 1.82) is 0 Å². The molecule has 2 atom stereocenters. The van der Waals surface area contributed by atoms with E-state index in [-0.39, 0.29) is 17.7 Å². The van der Waals surface area contributed by atoms with Gasteiger partial charge in [-0.2, -0.15) is 0 Å². The number of thioether (sulfide) groups is 1. The molecule has 2 aliphatic heterocycles. The van der Waals surface area contributed by atoms with Crippen molar-refractivity contribution in [1.82, 2.24) is 15.6 Å². The lowest BCUT2D eigenvalue weighted by Crippen LogP contribution is -2.53. The van der Waals surface area contributed by atoms with E-state index in [1.54, 1.807) is 11.8 Å². The highest BCUT2D eigenvalue weighted by molar-refractivity contribution is 8.14. The lowest BCUT2D eigenvalue weighted by atomic mass is 9.85. The van der Waals surface area contributed by atoms with E-state index in [0.717, 1.165) is 50.4 Å². The quantitative estimate of drug-likeness (QED) is 0.465. The van der Waals surface area contributed by atoms with Gasteiger partial charge in [0.05, 0.1) is 0 Å². The standard InChI is InChI=1S/C21H34N4O4S/c1-3-25-13-14(2)30-21(25)24-23-20(28)18(26)17(15-9-11-29-12-10-15)22-19(27)16-7-5-4-6-8-16/h14-17H,3-13H2,1-2H3,(H,22,27)(H,23,28)/b24-21-/t14-,17?/m1/s1. The summed E-state index contributed by atoms with van der Waals surface area (Å²) < 4.78 is 5.41. The Labute approximate surface area is 182 Å². The van der Waals surface area contributed by atoms with E-state index < -0.39 is 17.7 Å². The number of Topliss-reactive ketones (excluding diaryl/α,β-unsaturated/α-hetero) is 1. The predicted octanol–water partition coefficient (Wildman–Crippen LogP) is 1.89. The molecule has 2 heterocycles. The summed E-state index contributed by atoms with van der Waals surface area (Å²) in [7, 11) is 0. The molecule has 8 nitrogen and oxygen atoms in total. The predicted molar refractivity (Wildman–Crippen MR) is 117 cm³/mol. The van der Waals surface area contributed by atoms with Gasteiger partial charge in [-0.3, -0.25) is 14.4 Å². The highest BCUT2D eigenvalue weighted by Crippen LogP contribution is 2.26. The Bertz CT molecular complexity index is 659. The third-order valence-electron chi connectivity index (χ3n) is 6.21. The van der Waals surface area contributed by atoms with Crippen LogP contribution < -0.4 is 10.7 Å².